The summed E-state index contributed by atoms with van der Waals surface area (Å²) < 4.78 is 7.95. The number of rotatable bonds is 6. The van der Waals surface area contributed by atoms with Crippen molar-refractivity contribution in [3.8, 4) is 22.8 Å². The van der Waals surface area contributed by atoms with E-state index < -0.39 is 0 Å². The van der Waals surface area contributed by atoms with Crippen molar-refractivity contribution in [2.45, 2.75) is 6.54 Å². The zero-order chi connectivity index (χ0) is 20.1. The molecule has 0 bridgehead atoms. The van der Waals surface area contributed by atoms with Gasteiger partial charge in [-0.25, -0.2) is 9.55 Å². The van der Waals surface area contributed by atoms with Crippen molar-refractivity contribution in [3.05, 3.63) is 90.4 Å². The van der Waals surface area contributed by atoms with Gasteiger partial charge in [-0.3, -0.25) is 4.79 Å². The van der Waals surface area contributed by atoms with Crippen LogP contribution < -0.4 is 21.5 Å². The minimum atomic E-state index is 0. The lowest BCUT2D eigenvalue weighted by molar-refractivity contribution is -0.688. The summed E-state index contributed by atoms with van der Waals surface area (Å²) in [6, 6.07) is 19.0. The van der Waals surface area contributed by atoms with Crippen LogP contribution in [-0.4, -0.2) is 16.4 Å². The molecule has 0 saturated heterocycles. The molecule has 0 aliphatic carbocycles. The number of nitrogens with zero attached hydrogens (tertiary/aromatic N) is 3. The predicted octanol–water partition coefficient (Wildman–Crippen LogP) is 1.90. The first-order chi connectivity index (χ1) is 14.2. The average molecular weight is 478 g/mol. The quantitative estimate of drug-likeness (QED) is 0.184. The Morgan fingerprint density at radius 3 is 2.53 bits per heavy atom. The molecule has 0 radical (unpaired) electrons. The summed E-state index contributed by atoms with van der Waals surface area (Å²) in [5.74, 6) is 1.20. The van der Waals surface area contributed by atoms with Crippen molar-refractivity contribution in [1.29, 1.82) is 0 Å². The van der Waals surface area contributed by atoms with Crippen LogP contribution in [0, 0.1) is 0 Å². The molecule has 0 unspecified atom stereocenters. The summed E-state index contributed by atoms with van der Waals surface area (Å²) in [6.45, 7) is 0.709. The molecule has 0 spiro atoms. The number of carbonyl (C=O) groups is 1. The van der Waals surface area contributed by atoms with Crippen LogP contribution in [0.15, 0.2) is 88.7 Å². The average Bonchev–Trinajstić information content (AvgIpc) is 3.25. The van der Waals surface area contributed by atoms with Crippen LogP contribution in [0.25, 0.3) is 22.8 Å². The van der Waals surface area contributed by atoms with E-state index in [9.17, 15) is 4.79 Å². The van der Waals surface area contributed by atoms with Gasteiger partial charge in [0.25, 0.3) is 0 Å². The Bertz CT molecular complexity index is 1200. The van der Waals surface area contributed by atoms with Crippen LogP contribution in [0.3, 0.4) is 0 Å². The second kappa shape index (κ2) is 9.98. The normalized spacial score (nSPS) is 10.0. The van der Waals surface area contributed by atoms with E-state index >= 15 is 0 Å². The first kappa shape index (κ1) is 21.5. The van der Waals surface area contributed by atoms with Gasteiger partial charge in [-0.1, -0.05) is 36.4 Å². The summed E-state index contributed by atoms with van der Waals surface area (Å²) in [4.78, 5) is 19.2. The van der Waals surface area contributed by atoms with Gasteiger partial charge in [0.05, 0.1) is 17.0 Å². The number of benzene rings is 2. The molecule has 30 heavy (non-hydrogen) atoms. The largest absolute Gasteiger partial charge is 1.00 e. The molecule has 148 valence electrons. The fourth-order valence-corrected chi connectivity index (χ4v) is 3.07. The van der Waals surface area contributed by atoms with Gasteiger partial charge in [-0.05, 0) is 24.4 Å². The summed E-state index contributed by atoms with van der Waals surface area (Å²) in [6.07, 6.45) is 6.46. The molecule has 0 aliphatic rings. The van der Waals surface area contributed by atoms with E-state index in [1.165, 1.54) is 0 Å². The van der Waals surface area contributed by atoms with Gasteiger partial charge in [0, 0.05) is 34.4 Å². The van der Waals surface area contributed by atoms with E-state index in [1.54, 1.807) is 18.3 Å². The van der Waals surface area contributed by atoms with Gasteiger partial charge < -0.3 is 21.4 Å². The van der Waals surface area contributed by atoms with Gasteiger partial charge in [0.1, 0.15) is 6.29 Å². The van der Waals surface area contributed by atoms with E-state index in [2.05, 4.69) is 31.9 Å². The van der Waals surface area contributed by atoms with Crippen LogP contribution in [-0.2, 0) is 6.54 Å². The molecule has 0 fully saturated rings. The first-order valence-corrected chi connectivity index (χ1v) is 9.34. The van der Waals surface area contributed by atoms with Crippen LogP contribution in [0.1, 0.15) is 15.9 Å². The van der Waals surface area contributed by atoms with Crippen molar-refractivity contribution in [2.24, 2.45) is 4.99 Å². The summed E-state index contributed by atoms with van der Waals surface area (Å²) in [7, 11) is 0. The Morgan fingerprint density at radius 2 is 1.83 bits per heavy atom. The van der Waals surface area contributed by atoms with Gasteiger partial charge in [0.15, 0.2) is 24.7 Å². The lowest BCUT2D eigenvalue weighted by atomic mass is 10.1. The molecule has 2 aromatic carbocycles. The highest BCUT2D eigenvalue weighted by atomic mass is 79.9. The Kier molecular flexibility index (Phi) is 7.14. The molecule has 0 atom stereocenters. The number of halogens is 1. The van der Waals surface area contributed by atoms with Crippen molar-refractivity contribution in [2.75, 3.05) is 0 Å². The summed E-state index contributed by atoms with van der Waals surface area (Å²) in [5.41, 5.74) is 4.30. The molecule has 5 nitrogen and oxygen atoms in total. The van der Waals surface area contributed by atoms with E-state index in [0.29, 0.717) is 23.8 Å². The maximum atomic E-state index is 10.8. The van der Waals surface area contributed by atoms with Crippen molar-refractivity contribution >= 4 is 29.4 Å². The minimum Gasteiger partial charge on any atom is -1.00 e. The standard InChI is InChI=1S/C23H16N3O2S.BrH/c27-15-17-4-6-19(7-5-17)22-13-24-23(28-22)20-8-10-26(11-9-20)14-18-2-1-3-21(12-18)25-16-29;/h1-13,15H,14H2;1H/q+1;/p-1. The highest BCUT2D eigenvalue weighted by Crippen LogP contribution is 2.25. The van der Waals surface area contributed by atoms with Crippen molar-refractivity contribution < 1.29 is 30.8 Å². The van der Waals surface area contributed by atoms with Gasteiger partial charge in [-0.2, -0.15) is 4.99 Å². The molecule has 7 heteroatoms. The third-order valence-corrected chi connectivity index (χ3v) is 4.52. The Labute approximate surface area is 189 Å². The van der Waals surface area contributed by atoms with Crippen LogP contribution in [0.5, 0.6) is 0 Å². The number of pyridine rings is 1. The molecule has 0 N–H and O–H groups in total. The number of isothiocyanates is 1. The SMILES string of the molecule is O=Cc1ccc(-c2cnc(-c3cc[n+](Cc4cccc(N=C=S)c4)cc3)o2)cc1.[Br-]. The maximum Gasteiger partial charge on any atom is 0.227 e. The summed E-state index contributed by atoms with van der Waals surface area (Å²) in [5, 5.41) is 2.39. The molecule has 2 heterocycles. The number of oxazole rings is 1. The molecule has 0 aliphatic heterocycles. The van der Waals surface area contributed by atoms with E-state index in [0.717, 1.165) is 28.7 Å². The van der Waals surface area contributed by atoms with Gasteiger partial charge in [0.2, 0.25) is 5.89 Å². The second-order valence-electron chi connectivity index (χ2n) is 6.40. The molecule has 2 aromatic heterocycles. The van der Waals surface area contributed by atoms with Crippen LogP contribution in [0.4, 0.5) is 5.69 Å². The number of hydrogen-bond acceptors (Lipinski definition) is 5. The summed E-state index contributed by atoms with van der Waals surface area (Å²) >= 11 is 4.66. The number of aldehydes is 1. The van der Waals surface area contributed by atoms with Crippen molar-refractivity contribution in [1.82, 2.24) is 4.98 Å². The molecule has 4 aromatic rings. The smallest absolute Gasteiger partial charge is 0.227 e. The Balaban J connectivity index is 0.00000256. The Morgan fingerprint density at radius 1 is 1.07 bits per heavy atom. The van der Waals surface area contributed by atoms with E-state index in [4.69, 9.17) is 4.42 Å². The maximum absolute atomic E-state index is 10.8. The zero-order valence-corrected chi connectivity index (χ0v) is 18.1. The van der Waals surface area contributed by atoms with E-state index in [1.807, 2.05) is 60.9 Å². The third kappa shape index (κ3) is 5.02. The van der Waals surface area contributed by atoms with Crippen LogP contribution in [0.2, 0.25) is 0 Å². The minimum absolute atomic E-state index is 0. The highest BCUT2D eigenvalue weighted by Gasteiger charge is 2.11. The fourth-order valence-electron chi connectivity index (χ4n) is 2.96. The molecule has 0 amide bonds. The number of aliphatic imine (C=N–C) groups is 1. The molecule has 4 rings (SSSR count). The van der Waals surface area contributed by atoms with Gasteiger partial charge >= 0.3 is 0 Å². The lowest BCUT2D eigenvalue weighted by Crippen LogP contribution is -3.00. The first-order valence-electron chi connectivity index (χ1n) is 8.93. The third-order valence-electron chi connectivity index (χ3n) is 4.43. The lowest BCUT2D eigenvalue weighted by Gasteiger charge is -2.00. The number of thiocarbonyl (C=S) groups is 1. The number of hydrogen-bond donors (Lipinski definition) is 0. The van der Waals surface area contributed by atoms with Crippen LogP contribution >= 0.6 is 12.2 Å². The zero-order valence-electron chi connectivity index (χ0n) is 15.7. The predicted molar refractivity (Wildman–Crippen MR) is 113 cm³/mol. The topological polar surface area (TPSA) is 59.3 Å². The molecule has 0 saturated carbocycles. The number of aromatic nitrogens is 2. The van der Waals surface area contributed by atoms with E-state index in [-0.39, 0.29) is 17.0 Å². The van der Waals surface area contributed by atoms with Crippen molar-refractivity contribution in [3.63, 3.8) is 0 Å². The second-order valence-corrected chi connectivity index (χ2v) is 6.58. The number of carbonyl (C=O) groups excluding carboxylic acids is 1. The molecular weight excluding hydrogens is 462 g/mol. The molecular formula is C23H16BrN3O2S. The van der Waals surface area contributed by atoms with Gasteiger partial charge in [-0.15, -0.1) is 0 Å². The fraction of sp³-hybridized carbons (Fsp3) is 0.0435. The Hall–Kier alpha value is -3.25. The monoisotopic (exact) mass is 477 g/mol. The highest BCUT2D eigenvalue weighted by molar-refractivity contribution is 7.78.